The molecule has 1 fully saturated rings. The van der Waals surface area contributed by atoms with Gasteiger partial charge in [0.25, 0.3) is 0 Å². The molecule has 1 saturated carbocycles. The van der Waals surface area contributed by atoms with Gasteiger partial charge >= 0.3 is 0 Å². The first-order valence-corrected chi connectivity index (χ1v) is 8.18. The van der Waals surface area contributed by atoms with Gasteiger partial charge < -0.3 is 20.3 Å². The molecule has 0 bridgehead atoms. The zero-order valence-corrected chi connectivity index (χ0v) is 13.7. The lowest BCUT2D eigenvalue weighted by Gasteiger charge is -2.25. The van der Waals surface area contributed by atoms with Gasteiger partial charge in [0, 0.05) is 24.6 Å². The third-order valence-electron chi connectivity index (χ3n) is 4.14. The molecule has 7 heteroatoms. The molecule has 2 unspecified atom stereocenters. The van der Waals surface area contributed by atoms with E-state index in [0.717, 1.165) is 31.4 Å². The van der Waals surface area contributed by atoms with Gasteiger partial charge in [-0.15, -0.1) is 0 Å². The second-order valence-corrected chi connectivity index (χ2v) is 6.16. The summed E-state index contributed by atoms with van der Waals surface area (Å²) in [4.78, 5) is 16.4. The fourth-order valence-electron chi connectivity index (χ4n) is 2.89. The van der Waals surface area contributed by atoms with E-state index in [2.05, 4.69) is 15.5 Å². The minimum Gasteiger partial charge on any atom is -0.485 e. The number of amides is 1. The number of anilines is 1. The van der Waals surface area contributed by atoms with Gasteiger partial charge in [0.2, 0.25) is 17.6 Å². The highest BCUT2D eigenvalue weighted by Gasteiger charge is 2.25. The number of ether oxygens (including phenoxy) is 1. The number of nitrogens with zero attached hydrogens (tertiary/aromatic N) is 2. The van der Waals surface area contributed by atoms with Crippen LogP contribution < -0.4 is 15.8 Å². The Labute approximate surface area is 140 Å². The fraction of sp³-hybridized carbons (Fsp3) is 0.471. The maximum Gasteiger partial charge on any atom is 0.227 e. The predicted molar refractivity (Wildman–Crippen MR) is 88.4 cm³/mol. The van der Waals surface area contributed by atoms with Crippen LogP contribution in [0.15, 0.2) is 28.8 Å². The number of carbonyl (C=O) groups is 1. The van der Waals surface area contributed by atoms with Gasteiger partial charge in [0.05, 0.1) is 0 Å². The van der Waals surface area contributed by atoms with Crippen molar-refractivity contribution >= 4 is 11.6 Å². The molecule has 1 aliphatic rings. The lowest BCUT2D eigenvalue weighted by Crippen LogP contribution is -2.34. The highest BCUT2D eigenvalue weighted by atomic mass is 16.5. The molecule has 24 heavy (non-hydrogen) atoms. The third kappa shape index (κ3) is 4.32. The van der Waals surface area contributed by atoms with Gasteiger partial charge in [0.15, 0.2) is 6.61 Å². The van der Waals surface area contributed by atoms with Gasteiger partial charge in [-0.2, -0.15) is 4.98 Å². The van der Waals surface area contributed by atoms with Crippen molar-refractivity contribution in [2.45, 2.75) is 45.3 Å². The van der Waals surface area contributed by atoms with Crippen LogP contribution in [0.4, 0.5) is 5.69 Å². The molecule has 128 valence electrons. The Hall–Kier alpha value is -2.41. The number of hydrogen-bond donors (Lipinski definition) is 2. The van der Waals surface area contributed by atoms with E-state index in [-0.39, 0.29) is 24.5 Å². The van der Waals surface area contributed by atoms with Crippen molar-refractivity contribution in [3.63, 3.8) is 0 Å². The van der Waals surface area contributed by atoms with E-state index in [1.165, 1.54) is 0 Å². The van der Waals surface area contributed by atoms with E-state index in [1.807, 2.05) is 12.1 Å². The Bertz CT molecular complexity index is 683. The van der Waals surface area contributed by atoms with Crippen molar-refractivity contribution < 1.29 is 14.1 Å². The van der Waals surface area contributed by atoms with Gasteiger partial charge in [-0.1, -0.05) is 11.6 Å². The molecule has 2 aromatic rings. The van der Waals surface area contributed by atoms with Crippen LogP contribution in [0, 0.1) is 12.8 Å². The zero-order chi connectivity index (χ0) is 16.9. The number of benzene rings is 1. The molecule has 1 amide bonds. The normalized spacial score (nSPS) is 20.6. The van der Waals surface area contributed by atoms with Crippen LogP contribution in [0.2, 0.25) is 0 Å². The third-order valence-corrected chi connectivity index (χ3v) is 4.14. The van der Waals surface area contributed by atoms with E-state index in [4.69, 9.17) is 15.0 Å². The molecule has 2 atom stereocenters. The van der Waals surface area contributed by atoms with Crippen LogP contribution in [0.5, 0.6) is 5.75 Å². The summed E-state index contributed by atoms with van der Waals surface area (Å²) in [6.07, 6.45) is 3.69. The molecular weight excluding hydrogens is 308 g/mol. The van der Waals surface area contributed by atoms with Crippen molar-refractivity contribution in [2.24, 2.45) is 11.7 Å². The SMILES string of the molecule is Cc1nc(COc2ccc(NC(=O)C3CCCC(N)C3)cc2)no1. The smallest absolute Gasteiger partial charge is 0.227 e. The second-order valence-electron chi connectivity index (χ2n) is 6.16. The number of hydrogen-bond acceptors (Lipinski definition) is 6. The summed E-state index contributed by atoms with van der Waals surface area (Å²) < 4.78 is 10.5. The Morgan fingerprint density at radius 2 is 2.17 bits per heavy atom. The summed E-state index contributed by atoms with van der Waals surface area (Å²) in [6.45, 7) is 1.97. The molecule has 0 saturated heterocycles. The Morgan fingerprint density at radius 1 is 1.38 bits per heavy atom. The van der Waals surface area contributed by atoms with Crippen LogP contribution in [-0.2, 0) is 11.4 Å². The van der Waals surface area contributed by atoms with Crippen LogP contribution in [0.25, 0.3) is 0 Å². The average Bonchev–Trinajstić information content (AvgIpc) is 3.00. The van der Waals surface area contributed by atoms with Crippen LogP contribution in [-0.4, -0.2) is 22.1 Å². The molecule has 0 aliphatic heterocycles. The topological polar surface area (TPSA) is 103 Å². The van der Waals surface area contributed by atoms with E-state index >= 15 is 0 Å². The van der Waals surface area contributed by atoms with Crippen molar-refractivity contribution in [1.29, 1.82) is 0 Å². The van der Waals surface area contributed by atoms with Gasteiger partial charge in [-0.25, -0.2) is 0 Å². The van der Waals surface area contributed by atoms with Crippen LogP contribution in [0.1, 0.15) is 37.4 Å². The standard InChI is InChI=1S/C17H22N4O3/c1-11-19-16(21-24-11)10-23-15-7-5-14(6-8-15)20-17(22)12-3-2-4-13(18)9-12/h5-8,12-13H,2-4,9-10,18H2,1H3,(H,20,22). The predicted octanol–water partition coefficient (Wildman–Crippen LogP) is 2.41. The van der Waals surface area contributed by atoms with Crippen LogP contribution in [0.3, 0.4) is 0 Å². The molecule has 3 N–H and O–H groups in total. The minimum atomic E-state index is 0.00570. The molecule has 3 rings (SSSR count). The Morgan fingerprint density at radius 3 is 2.83 bits per heavy atom. The minimum absolute atomic E-state index is 0.00570. The van der Waals surface area contributed by atoms with Crippen molar-refractivity contribution in [2.75, 3.05) is 5.32 Å². The van der Waals surface area contributed by atoms with Crippen molar-refractivity contribution in [1.82, 2.24) is 10.1 Å². The number of nitrogens with one attached hydrogen (secondary N) is 1. The highest BCUT2D eigenvalue weighted by Crippen LogP contribution is 2.25. The lowest BCUT2D eigenvalue weighted by molar-refractivity contribution is -0.120. The maximum atomic E-state index is 12.3. The van der Waals surface area contributed by atoms with E-state index in [9.17, 15) is 4.79 Å². The van der Waals surface area contributed by atoms with E-state index in [0.29, 0.717) is 17.5 Å². The second kappa shape index (κ2) is 7.44. The fourth-order valence-corrected chi connectivity index (χ4v) is 2.89. The number of rotatable bonds is 5. The molecule has 1 aromatic heterocycles. The summed E-state index contributed by atoms with van der Waals surface area (Å²) in [7, 11) is 0. The lowest BCUT2D eigenvalue weighted by atomic mass is 9.85. The first kappa shape index (κ1) is 16.4. The Balaban J connectivity index is 1.51. The summed E-state index contributed by atoms with van der Waals surface area (Å²) >= 11 is 0. The Kier molecular flexibility index (Phi) is 5.10. The number of nitrogens with two attached hydrogens (primary N) is 1. The number of aromatic nitrogens is 2. The molecule has 1 aromatic carbocycles. The summed E-state index contributed by atoms with van der Waals surface area (Å²) in [5.74, 6) is 1.73. The molecular formula is C17H22N4O3. The monoisotopic (exact) mass is 330 g/mol. The molecule has 7 nitrogen and oxygen atoms in total. The van der Waals surface area contributed by atoms with E-state index < -0.39 is 0 Å². The quantitative estimate of drug-likeness (QED) is 0.872. The molecule has 0 radical (unpaired) electrons. The molecule has 1 aliphatic carbocycles. The van der Waals surface area contributed by atoms with Crippen molar-refractivity contribution in [3.8, 4) is 5.75 Å². The first-order valence-electron chi connectivity index (χ1n) is 8.18. The number of aryl methyl sites for hydroxylation is 1. The van der Waals surface area contributed by atoms with E-state index in [1.54, 1.807) is 19.1 Å². The highest BCUT2D eigenvalue weighted by molar-refractivity contribution is 5.92. The summed E-state index contributed by atoms with van der Waals surface area (Å²) in [6, 6.07) is 7.37. The van der Waals surface area contributed by atoms with Crippen LogP contribution >= 0.6 is 0 Å². The summed E-state index contributed by atoms with van der Waals surface area (Å²) in [5, 5.41) is 6.71. The average molecular weight is 330 g/mol. The molecule has 1 heterocycles. The van der Waals surface area contributed by atoms with Crippen molar-refractivity contribution in [3.05, 3.63) is 36.0 Å². The number of carbonyl (C=O) groups excluding carboxylic acids is 1. The maximum absolute atomic E-state index is 12.3. The van der Waals surface area contributed by atoms with Gasteiger partial charge in [-0.3, -0.25) is 4.79 Å². The summed E-state index contributed by atoms with van der Waals surface area (Å²) in [5.41, 5.74) is 6.70. The van der Waals surface area contributed by atoms with Gasteiger partial charge in [0.1, 0.15) is 5.75 Å². The van der Waals surface area contributed by atoms with Gasteiger partial charge in [-0.05, 0) is 43.5 Å². The first-order chi connectivity index (χ1) is 11.6. The molecule has 0 spiro atoms. The zero-order valence-electron chi connectivity index (χ0n) is 13.7. The largest absolute Gasteiger partial charge is 0.485 e.